The van der Waals surface area contributed by atoms with Gasteiger partial charge >= 0.3 is 0 Å². The first-order chi connectivity index (χ1) is 11.2. The molecule has 0 radical (unpaired) electrons. The SMILES string of the molecule is COc1cc(CNC(=O)/C=C\c2ccco2)cc(OC)c1OC. The van der Waals surface area contributed by atoms with Crippen molar-refractivity contribution in [2.45, 2.75) is 6.54 Å². The lowest BCUT2D eigenvalue weighted by Gasteiger charge is -2.14. The number of carbonyl (C=O) groups excluding carboxylic acids is 1. The molecule has 1 amide bonds. The summed E-state index contributed by atoms with van der Waals surface area (Å²) in [5.41, 5.74) is 0.833. The fraction of sp³-hybridized carbons (Fsp3) is 0.235. The number of amides is 1. The van der Waals surface area contributed by atoms with E-state index in [0.717, 1.165) is 5.56 Å². The molecule has 1 N–H and O–H groups in total. The summed E-state index contributed by atoms with van der Waals surface area (Å²) in [6, 6.07) is 7.10. The van der Waals surface area contributed by atoms with E-state index in [0.29, 0.717) is 29.6 Å². The van der Waals surface area contributed by atoms with Gasteiger partial charge in [-0.05, 0) is 35.9 Å². The lowest BCUT2D eigenvalue weighted by molar-refractivity contribution is -0.116. The van der Waals surface area contributed by atoms with Crippen LogP contribution in [0.1, 0.15) is 11.3 Å². The van der Waals surface area contributed by atoms with Gasteiger partial charge in [0.1, 0.15) is 5.76 Å². The largest absolute Gasteiger partial charge is 0.493 e. The van der Waals surface area contributed by atoms with Crippen LogP contribution in [-0.4, -0.2) is 27.2 Å². The van der Waals surface area contributed by atoms with Crippen LogP contribution in [0.2, 0.25) is 0 Å². The Hall–Kier alpha value is -2.89. The molecule has 0 spiro atoms. The van der Waals surface area contributed by atoms with E-state index in [2.05, 4.69) is 5.32 Å². The molecular weight excluding hydrogens is 298 g/mol. The Labute approximate surface area is 134 Å². The average molecular weight is 317 g/mol. The zero-order valence-electron chi connectivity index (χ0n) is 13.3. The Morgan fingerprint density at radius 3 is 2.39 bits per heavy atom. The minimum absolute atomic E-state index is 0.227. The fourth-order valence-corrected chi connectivity index (χ4v) is 2.03. The van der Waals surface area contributed by atoms with Crippen molar-refractivity contribution in [2.75, 3.05) is 21.3 Å². The van der Waals surface area contributed by atoms with Crippen LogP contribution in [-0.2, 0) is 11.3 Å². The number of ether oxygens (including phenoxy) is 3. The second-order valence-electron chi connectivity index (χ2n) is 4.60. The van der Waals surface area contributed by atoms with Crippen LogP contribution >= 0.6 is 0 Å². The van der Waals surface area contributed by atoms with Crippen LogP contribution in [0, 0.1) is 0 Å². The molecule has 1 heterocycles. The van der Waals surface area contributed by atoms with Gasteiger partial charge in [0.15, 0.2) is 11.5 Å². The van der Waals surface area contributed by atoms with Gasteiger partial charge in [0, 0.05) is 12.6 Å². The topological polar surface area (TPSA) is 69.9 Å². The minimum Gasteiger partial charge on any atom is -0.493 e. The van der Waals surface area contributed by atoms with Crippen LogP contribution in [0.15, 0.2) is 41.0 Å². The van der Waals surface area contributed by atoms with Crippen molar-refractivity contribution in [3.8, 4) is 17.2 Å². The highest BCUT2D eigenvalue weighted by atomic mass is 16.5. The first kappa shape index (κ1) is 16.5. The number of nitrogens with one attached hydrogen (secondary N) is 1. The van der Waals surface area contributed by atoms with E-state index in [1.807, 2.05) is 0 Å². The van der Waals surface area contributed by atoms with E-state index < -0.39 is 0 Å². The van der Waals surface area contributed by atoms with Gasteiger partial charge < -0.3 is 23.9 Å². The molecule has 0 aliphatic rings. The van der Waals surface area contributed by atoms with Gasteiger partial charge in [0.25, 0.3) is 0 Å². The Balaban J connectivity index is 2.03. The second kappa shape index (κ2) is 7.93. The zero-order chi connectivity index (χ0) is 16.7. The van der Waals surface area contributed by atoms with Crippen LogP contribution in [0.3, 0.4) is 0 Å². The van der Waals surface area contributed by atoms with Crippen molar-refractivity contribution in [3.05, 3.63) is 47.9 Å². The van der Waals surface area contributed by atoms with Crippen LogP contribution in [0.25, 0.3) is 6.08 Å². The summed E-state index contributed by atoms with van der Waals surface area (Å²) >= 11 is 0. The summed E-state index contributed by atoms with van der Waals surface area (Å²) < 4.78 is 20.9. The maximum absolute atomic E-state index is 11.8. The maximum atomic E-state index is 11.8. The molecule has 1 aromatic heterocycles. The van der Waals surface area contributed by atoms with Gasteiger partial charge in [-0.25, -0.2) is 0 Å². The number of hydrogen-bond donors (Lipinski definition) is 1. The highest BCUT2D eigenvalue weighted by Crippen LogP contribution is 2.38. The fourth-order valence-electron chi connectivity index (χ4n) is 2.03. The smallest absolute Gasteiger partial charge is 0.244 e. The average Bonchev–Trinajstić information content (AvgIpc) is 3.10. The molecule has 0 atom stereocenters. The van der Waals surface area contributed by atoms with Gasteiger partial charge in [-0.15, -0.1) is 0 Å². The molecular formula is C17H19NO5. The number of methoxy groups -OCH3 is 3. The first-order valence-electron chi connectivity index (χ1n) is 6.96. The number of furan rings is 1. The van der Waals surface area contributed by atoms with Gasteiger partial charge in [0.2, 0.25) is 11.7 Å². The van der Waals surface area contributed by atoms with Crippen LogP contribution in [0.5, 0.6) is 17.2 Å². The highest BCUT2D eigenvalue weighted by Gasteiger charge is 2.13. The molecule has 0 unspecified atom stereocenters. The molecule has 122 valence electrons. The third-order valence-corrected chi connectivity index (χ3v) is 3.13. The normalized spacial score (nSPS) is 10.6. The summed E-state index contributed by atoms with van der Waals surface area (Å²) in [5, 5.41) is 2.78. The summed E-state index contributed by atoms with van der Waals surface area (Å²) in [5.74, 6) is 2.00. The van der Waals surface area contributed by atoms with E-state index in [9.17, 15) is 4.79 Å². The predicted octanol–water partition coefficient (Wildman–Crippen LogP) is 2.64. The minimum atomic E-state index is -0.227. The van der Waals surface area contributed by atoms with Gasteiger partial charge in [0.05, 0.1) is 27.6 Å². The Kier molecular flexibility index (Phi) is 5.68. The number of hydrogen-bond acceptors (Lipinski definition) is 5. The van der Waals surface area contributed by atoms with Crippen molar-refractivity contribution in [1.29, 1.82) is 0 Å². The molecule has 0 aliphatic heterocycles. The second-order valence-corrected chi connectivity index (χ2v) is 4.60. The molecule has 2 rings (SSSR count). The van der Waals surface area contributed by atoms with Crippen molar-refractivity contribution in [3.63, 3.8) is 0 Å². The number of benzene rings is 1. The quantitative estimate of drug-likeness (QED) is 0.795. The van der Waals surface area contributed by atoms with Crippen molar-refractivity contribution < 1.29 is 23.4 Å². The summed E-state index contributed by atoms with van der Waals surface area (Å²) in [7, 11) is 4.64. The maximum Gasteiger partial charge on any atom is 0.244 e. The highest BCUT2D eigenvalue weighted by molar-refractivity contribution is 5.91. The van der Waals surface area contributed by atoms with Crippen LogP contribution in [0.4, 0.5) is 0 Å². The number of carbonyl (C=O) groups is 1. The summed E-state index contributed by atoms with van der Waals surface area (Å²) in [4.78, 5) is 11.8. The summed E-state index contributed by atoms with van der Waals surface area (Å²) in [6.07, 6.45) is 4.56. The molecule has 6 nitrogen and oxygen atoms in total. The molecule has 23 heavy (non-hydrogen) atoms. The van der Waals surface area contributed by atoms with E-state index in [1.165, 1.54) is 6.08 Å². The predicted molar refractivity (Wildman–Crippen MR) is 85.7 cm³/mol. The standard InChI is InChI=1S/C17H19NO5/c1-20-14-9-12(10-15(21-2)17(14)22-3)11-18-16(19)7-6-13-5-4-8-23-13/h4-10H,11H2,1-3H3,(H,18,19)/b7-6-. The van der Waals surface area contributed by atoms with Crippen molar-refractivity contribution >= 4 is 12.0 Å². The first-order valence-corrected chi connectivity index (χ1v) is 6.96. The summed E-state index contributed by atoms with van der Waals surface area (Å²) in [6.45, 7) is 0.331. The Morgan fingerprint density at radius 1 is 1.17 bits per heavy atom. The lowest BCUT2D eigenvalue weighted by Crippen LogP contribution is -2.20. The van der Waals surface area contributed by atoms with Crippen molar-refractivity contribution in [2.24, 2.45) is 0 Å². The molecule has 1 aromatic carbocycles. The van der Waals surface area contributed by atoms with Gasteiger partial charge in [-0.2, -0.15) is 0 Å². The molecule has 0 bridgehead atoms. The lowest BCUT2D eigenvalue weighted by atomic mass is 10.1. The third-order valence-electron chi connectivity index (χ3n) is 3.13. The van der Waals surface area contributed by atoms with E-state index in [4.69, 9.17) is 18.6 Å². The monoisotopic (exact) mass is 317 g/mol. The van der Waals surface area contributed by atoms with E-state index in [1.54, 1.807) is 57.9 Å². The number of rotatable bonds is 7. The molecule has 0 fully saturated rings. The molecule has 0 saturated carbocycles. The molecule has 6 heteroatoms. The van der Waals surface area contributed by atoms with E-state index in [-0.39, 0.29) is 5.91 Å². The molecule has 0 aliphatic carbocycles. The van der Waals surface area contributed by atoms with Gasteiger partial charge in [-0.1, -0.05) is 0 Å². The Morgan fingerprint density at radius 2 is 1.87 bits per heavy atom. The third kappa shape index (κ3) is 4.29. The van der Waals surface area contributed by atoms with E-state index >= 15 is 0 Å². The van der Waals surface area contributed by atoms with Crippen molar-refractivity contribution in [1.82, 2.24) is 5.32 Å². The molecule has 0 saturated heterocycles. The van der Waals surface area contributed by atoms with Crippen LogP contribution < -0.4 is 19.5 Å². The molecule has 2 aromatic rings. The zero-order valence-corrected chi connectivity index (χ0v) is 13.3. The Bertz CT molecular complexity index is 651. The van der Waals surface area contributed by atoms with Gasteiger partial charge in [-0.3, -0.25) is 4.79 Å².